The first-order chi connectivity index (χ1) is 9.97. The summed E-state index contributed by atoms with van der Waals surface area (Å²) in [7, 11) is 0. The molecule has 2 aromatic rings. The lowest BCUT2D eigenvalue weighted by atomic mass is 10.1. The molecule has 0 aliphatic heterocycles. The maximum Gasteiger partial charge on any atom is 0.273 e. The lowest BCUT2D eigenvalue weighted by Gasteiger charge is -2.15. The average molecular weight is 349 g/mol. The van der Waals surface area contributed by atoms with Crippen LogP contribution in [0.1, 0.15) is 29.7 Å². The number of halogens is 1. The third-order valence-corrected chi connectivity index (χ3v) is 3.91. The molecule has 0 amide bonds. The van der Waals surface area contributed by atoms with Gasteiger partial charge >= 0.3 is 0 Å². The molecule has 0 aliphatic rings. The highest BCUT2D eigenvalue weighted by molar-refractivity contribution is 9.10. The number of hydrogen-bond donors (Lipinski definition) is 1. The Morgan fingerprint density at radius 2 is 1.90 bits per heavy atom. The Kier molecular flexibility index (Phi) is 5.09. The van der Waals surface area contributed by atoms with Crippen LogP contribution in [0.4, 0.5) is 5.69 Å². The largest absolute Gasteiger partial charge is 0.306 e. The van der Waals surface area contributed by atoms with Gasteiger partial charge in [-0.1, -0.05) is 45.8 Å². The first-order valence-electron chi connectivity index (χ1n) is 6.70. The van der Waals surface area contributed by atoms with E-state index in [1.807, 2.05) is 6.92 Å². The van der Waals surface area contributed by atoms with Crippen LogP contribution in [0.3, 0.4) is 0 Å². The smallest absolute Gasteiger partial charge is 0.273 e. The summed E-state index contributed by atoms with van der Waals surface area (Å²) in [6.07, 6.45) is 0. The molecular weight excluding hydrogens is 332 g/mol. The Morgan fingerprint density at radius 1 is 1.24 bits per heavy atom. The van der Waals surface area contributed by atoms with Gasteiger partial charge in [-0.3, -0.25) is 10.1 Å². The normalized spacial score (nSPS) is 12.1. The number of benzene rings is 2. The third kappa shape index (κ3) is 4.12. The summed E-state index contributed by atoms with van der Waals surface area (Å²) >= 11 is 3.35. The van der Waals surface area contributed by atoms with Crippen LogP contribution < -0.4 is 5.32 Å². The van der Waals surface area contributed by atoms with E-state index in [0.717, 1.165) is 4.47 Å². The van der Waals surface area contributed by atoms with Gasteiger partial charge in [0.25, 0.3) is 5.69 Å². The van der Waals surface area contributed by atoms with Crippen LogP contribution in [-0.4, -0.2) is 4.92 Å². The Labute approximate surface area is 132 Å². The van der Waals surface area contributed by atoms with Gasteiger partial charge in [0, 0.05) is 28.7 Å². The van der Waals surface area contributed by atoms with Crippen molar-refractivity contribution < 1.29 is 4.92 Å². The SMILES string of the molecule is Cc1ccc([C@H](C)NCc2cc(Br)ccc2[N+](=O)[O-])cc1. The van der Waals surface area contributed by atoms with Crippen LogP contribution >= 0.6 is 15.9 Å². The second-order valence-corrected chi connectivity index (χ2v) is 5.96. The van der Waals surface area contributed by atoms with E-state index in [9.17, 15) is 10.1 Å². The van der Waals surface area contributed by atoms with Crippen molar-refractivity contribution in [2.45, 2.75) is 26.4 Å². The van der Waals surface area contributed by atoms with Crippen molar-refractivity contribution >= 4 is 21.6 Å². The molecule has 1 atom stereocenters. The van der Waals surface area contributed by atoms with Crippen LogP contribution in [0.5, 0.6) is 0 Å². The zero-order chi connectivity index (χ0) is 15.4. The highest BCUT2D eigenvalue weighted by atomic mass is 79.9. The molecule has 0 radical (unpaired) electrons. The second kappa shape index (κ2) is 6.83. The molecule has 0 aliphatic carbocycles. The fraction of sp³-hybridized carbons (Fsp3) is 0.250. The van der Waals surface area contributed by atoms with Gasteiger partial charge in [0.15, 0.2) is 0 Å². The Hall–Kier alpha value is -1.72. The van der Waals surface area contributed by atoms with Crippen LogP contribution in [0.2, 0.25) is 0 Å². The van der Waals surface area contributed by atoms with Crippen LogP contribution in [0.15, 0.2) is 46.9 Å². The summed E-state index contributed by atoms with van der Waals surface area (Å²) in [5.74, 6) is 0. The highest BCUT2D eigenvalue weighted by Crippen LogP contribution is 2.24. The van der Waals surface area contributed by atoms with Gasteiger partial charge in [-0.05, 0) is 31.5 Å². The van der Waals surface area contributed by atoms with Crippen LogP contribution in [-0.2, 0) is 6.54 Å². The number of rotatable bonds is 5. The standard InChI is InChI=1S/C16H17BrN2O2/c1-11-3-5-13(6-4-11)12(2)18-10-14-9-15(17)7-8-16(14)19(20)21/h3-9,12,18H,10H2,1-2H3/t12-/m0/s1. The van der Waals surface area contributed by atoms with Crippen molar-refractivity contribution in [1.29, 1.82) is 0 Å². The number of aryl methyl sites for hydroxylation is 1. The zero-order valence-corrected chi connectivity index (χ0v) is 13.6. The van der Waals surface area contributed by atoms with Gasteiger partial charge in [-0.2, -0.15) is 0 Å². The summed E-state index contributed by atoms with van der Waals surface area (Å²) in [4.78, 5) is 10.7. The van der Waals surface area contributed by atoms with Gasteiger partial charge in [-0.25, -0.2) is 0 Å². The number of hydrogen-bond acceptors (Lipinski definition) is 3. The molecule has 2 rings (SSSR count). The van der Waals surface area contributed by atoms with Gasteiger partial charge in [0.1, 0.15) is 0 Å². The van der Waals surface area contributed by atoms with E-state index in [-0.39, 0.29) is 16.7 Å². The van der Waals surface area contributed by atoms with E-state index in [2.05, 4.69) is 52.4 Å². The maximum absolute atomic E-state index is 11.0. The molecule has 110 valence electrons. The number of nitro benzene ring substituents is 1. The first-order valence-corrected chi connectivity index (χ1v) is 7.49. The Bertz CT molecular complexity index is 641. The topological polar surface area (TPSA) is 55.2 Å². The van der Waals surface area contributed by atoms with Crippen molar-refractivity contribution in [2.75, 3.05) is 0 Å². The van der Waals surface area contributed by atoms with E-state index in [1.54, 1.807) is 12.1 Å². The monoisotopic (exact) mass is 348 g/mol. The van der Waals surface area contributed by atoms with Crippen LogP contribution in [0, 0.1) is 17.0 Å². The third-order valence-electron chi connectivity index (χ3n) is 3.41. The first kappa shape index (κ1) is 15.7. The molecule has 1 N–H and O–H groups in total. The molecule has 0 spiro atoms. The van der Waals surface area contributed by atoms with Crippen LogP contribution in [0.25, 0.3) is 0 Å². The lowest BCUT2D eigenvalue weighted by Crippen LogP contribution is -2.18. The molecule has 0 heterocycles. The molecule has 0 aromatic heterocycles. The summed E-state index contributed by atoms with van der Waals surface area (Å²) in [6.45, 7) is 4.55. The molecule has 5 heteroatoms. The summed E-state index contributed by atoms with van der Waals surface area (Å²) in [6, 6.07) is 13.4. The minimum atomic E-state index is -0.347. The van der Waals surface area contributed by atoms with Gasteiger partial charge < -0.3 is 5.32 Å². The molecular formula is C16H17BrN2O2. The Balaban J connectivity index is 2.10. The maximum atomic E-state index is 11.0. The van der Waals surface area contributed by atoms with Crippen molar-refractivity contribution in [3.8, 4) is 0 Å². The zero-order valence-electron chi connectivity index (χ0n) is 12.0. The molecule has 2 aromatic carbocycles. The van der Waals surface area contributed by atoms with Crippen molar-refractivity contribution in [1.82, 2.24) is 5.32 Å². The van der Waals surface area contributed by atoms with E-state index in [4.69, 9.17) is 0 Å². The molecule has 0 bridgehead atoms. The predicted octanol–water partition coefficient (Wildman–Crippen LogP) is 4.52. The van der Waals surface area contributed by atoms with Gasteiger partial charge in [0.05, 0.1) is 4.92 Å². The van der Waals surface area contributed by atoms with E-state index in [0.29, 0.717) is 12.1 Å². The fourth-order valence-corrected chi connectivity index (χ4v) is 2.52. The van der Waals surface area contributed by atoms with Crippen molar-refractivity contribution in [3.05, 3.63) is 73.7 Å². The predicted molar refractivity (Wildman–Crippen MR) is 87.2 cm³/mol. The van der Waals surface area contributed by atoms with E-state index in [1.165, 1.54) is 17.2 Å². The summed E-state index contributed by atoms with van der Waals surface area (Å²) in [5.41, 5.74) is 3.20. The lowest BCUT2D eigenvalue weighted by molar-refractivity contribution is -0.385. The molecule has 0 saturated carbocycles. The number of nitro groups is 1. The van der Waals surface area contributed by atoms with Gasteiger partial charge in [0.2, 0.25) is 0 Å². The summed E-state index contributed by atoms with van der Waals surface area (Å²) < 4.78 is 0.841. The van der Waals surface area contributed by atoms with Crippen molar-refractivity contribution in [3.63, 3.8) is 0 Å². The Morgan fingerprint density at radius 3 is 2.52 bits per heavy atom. The second-order valence-electron chi connectivity index (χ2n) is 5.04. The average Bonchev–Trinajstić information content (AvgIpc) is 2.45. The minimum Gasteiger partial charge on any atom is -0.306 e. The molecule has 0 saturated heterocycles. The fourth-order valence-electron chi connectivity index (χ4n) is 2.11. The van der Waals surface area contributed by atoms with Gasteiger partial charge in [-0.15, -0.1) is 0 Å². The number of nitrogens with zero attached hydrogens (tertiary/aromatic N) is 1. The summed E-state index contributed by atoms with van der Waals surface area (Å²) in [5, 5.41) is 14.4. The molecule has 0 unspecified atom stereocenters. The van der Waals surface area contributed by atoms with E-state index >= 15 is 0 Å². The number of nitrogens with one attached hydrogen (secondary N) is 1. The minimum absolute atomic E-state index is 0.129. The highest BCUT2D eigenvalue weighted by Gasteiger charge is 2.14. The van der Waals surface area contributed by atoms with E-state index < -0.39 is 0 Å². The quantitative estimate of drug-likeness (QED) is 0.638. The van der Waals surface area contributed by atoms with Crippen molar-refractivity contribution in [2.24, 2.45) is 0 Å². The molecule has 4 nitrogen and oxygen atoms in total. The molecule has 0 fully saturated rings. The molecule has 21 heavy (non-hydrogen) atoms.